The molecule has 4 atom stereocenters. The molecule has 0 aromatic heterocycles. The normalized spacial score (nSPS) is 16.8. The summed E-state index contributed by atoms with van der Waals surface area (Å²) in [5.41, 5.74) is 11.3. The van der Waals surface area contributed by atoms with Gasteiger partial charge in [0.1, 0.15) is 0 Å². The summed E-state index contributed by atoms with van der Waals surface area (Å²) in [5, 5.41) is 19.3. The molecule has 0 rings (SSSR count). The molecule has 0 aromatic rings. The highest BCUT2D eigenvalue weighted by atomic mass is 16.3. The Balaban J connectivity index is 3.54. The molecule has 0 radical (unpaired) electrons. The molecule has 0 saturated carbocycles. The summed E-state index contributed by atoms with van der Waals surface area (Å²) in [4.78, 5) is 0. The van der Waals surface area contributed by atoms with Crippen LogP contribution < -0.4 is 11.5 Å². The highest BCUT2D eigenvalue weighted by Crippen LogP contribution is 2.09. The number of nitrogens with two attached hydrogens (primary N) is 2. The Bertz CT molecular complexity index is 615. The number of hydrogen-bond acceptors (Lipinski definition) is 4. The average molecular weight is 473 g/mol. The summed E-state index contributed by atoms with van der Waals surface area (Å²) in [6, 6.07) is -0.295. The molecule has 4 nitrogen and oxygen atoms in total. The van der Waals surface area contributed by atoms with Crippen LogP contribution in [0.5, 0.6) is 0 Å². The summed E-state index contributed by atoms with van der Waals surface area (Å²) in [7, 11) is 0. The lowest BCUT2D eigenvalue weighted by Crippen LogP contribution is -2.31. The van der Waals surface area contributed by atoms with E-state index in [0.29, 0.717) is 6.42 Å². The molecule has 0 fully saturated rings. The van der Waals surface area contributed by atoms with Crippen molar-refractivity contribution >= 4 is 0 Å². The Morgan fingerprint density at radius 1 is 0.500 bits per heavy atom. The van der Waals surface area contributed by atoms with E-state index < -0.39 is 6.10 Å². The third-order valence-corrected chi connectivity index (χ3v) is 5.57. The van der Waals surface area contributed by atoms with Crippen molar-refractivity contribution in [1.82, 2.24) is 0 Å². The molecule has 0 unspecified atom stereocenters. The minimum atomic E-state index is -0.451. The van der Waals surface area contributed by atoms with Crippen molar-refractivity contribution in [3.63, 3.8) is 0 Å². The first-order valence-electron chi connectivity index (χ1n) is 13.2. The van der Waals surface area contributed by atoms with Crippen molar-refractivity contribution in [3.8, 4) is 0 Å². The monoisotopic (exact) mass is 472 g/mol. The smallest absolute Gasteiger partial charge is 0.0722 e. The van der Waals surface area contributed by atoms with Crippen molar-refractivity contribution < 1.29 is 10.2 Å². The van der Waals surface area contributed by atoms with Crippen LogP contribution in [0.3, 0.4) is 0 Å². The second kappa shape index (κ2) is 24.4. The Kier molecular flexibility index (Phi) is 23.2. The summed E-state index contributed by atoms with van der Waals surface area (Å²) >= 11 is 0. The molecule has 0 spiro atoms. The van der Waals surface area contributed by atoms with Crippen molar-refractivity contribution in [2.24, 2.45) is 11.5 Å². The first-order valence-corrected chi connectivity index (χ1v) is 13.2. The van der Waals surface area contributed by atoms with Gasteiger partial charge in [-0.3, -0.25) is 0 Å². The molecule has 0 aromatic carbocycles. The van der Waals surface area contributed by atoms with Crippen molar-refractivity contribution in [1.29, 1.82) is 0 Å². The molecule has 0 heterocycles. The van der Waals surface area contributed by atoms with E-state index >= 15 is 0 Å². The Morgan fingerprint density at radius 2 is 0.882 bits per heavy atom. The maximum absolute atomic E-state index is 9.66. The fourth-order valence-electron chi connectivity index (χ4n) is 3.16. The van der Waals surface area contributed by atoms with Crippen molar-refractivity contribution in [3.05, 3.63) is 72.9 Å². The summed E-state index contributed by atoms with van der Waals surface area (Å²) in [6.45, 7) is 3.68. The van der Waals surface area contributed by atoms with Crippen LogP contribution in [0.25, 0.3) is 0 Å². The van der Waals surface area contributed by atoms with Gasteiger partial charge in [0.25, 0.3) is 0 Å². The predicted molar refractivity (Wildman–Crippen MR) is 150 cm³/mol. The van der Waals surface area contributed by atoms with Gasteiger partial charge in [-0.15, -0.1) is 0 Å². The third-order valence-electron chi connectivity index (χ3n) is 5.57. The molecule has 0 bridgehead atoms. The van der Waals surface area contributed by atoms with Crippen molar-refractivity contribution in [2.75, 3.05) is 0 Å². The molecule has 0 aliphatic carbocycles. The molecule has 0 aliphatic rings. The molecule has 6 N–H and O–H groups in total. The maximum Gasteiger partial charge on any atom is 0.0722 e. The van der Waals surface area contributed by atoms with Gasteiger partial charge in [-0.25, -0.2) is 0 Å². The molecule has 0 aliphatic heterocycles. The number of allylic oxidation sites excluding steroid dienone is 11. The van der Waals surface area contributed by atoms with E-state index in [9.17, 15) is 10.2 Å². The van der Waals surface area contributed by atoms with Crippen LogP contribution >= 0.6 is 0 Å². The average Bonchev–Trinajstić information content (AvgIpc) is 2.81. The maximum atomic E-state index is 9.66. The number of unbranched alkanes of at least 4 members (excludes halogenated alkanes) is 4. The number of hydrogen-bond donors (Lipinski definition) is 4. The molecule has 34 heavy (non-hydrogen) atoms. The quantitative estimate of drug-likeness (QED) is 0.114. The van der Waals surface area contributed by atoms with Gasteiger partial charge in [-0.1, -0.05) is 92.2 Å². The zero-order chi connectivity index (χ0) is 25.3. The summed E-state index contributed by atoms with van der Waals surface area (Å²) < 4.78 is 0. The van der Waals surface area contributed by atoms with Crippen molar-refractivity contribution in [2.45, 2.75) is 115 Å². The SMILES string of the molecule is C[C@@H](N)[C@@H](O)C/C=C\C/C=C\C/C=C\C/C=C\C/C=C\C/C=C\CCCCCC[C@H](O)[C@@H](C)N. The lowest BCUT2D eigenvalue weighted by atomic mass is 10.0. The number of rotatable bonds is 21. The minimum Gasteiger partial charge on any atom is -0.392 e. The zero-order valence-corrected chi connectivity index (χ0v) is 21.8. The topological polar surface area (TPSA) is 92.5 Å². The van der Waals surface area contributed by atoms with E-state index in [2.05, 4.69) is 66.8 Å². The molecule has 0 amide bonds. The number of aliphatic hydroxyl groups excluding tert-OH is 2. The standard InChI is InChI=1S/C30H52N2O2/c1-27(31)29(33)25-23-21-19-17-15-13-11-9-7-5-3-4-6-8-10-12-14-16-18-20-22-24-26-30(34)28(2)32/h3,5-6,8-9,11-12,14-15,17,21,23,27-30,33-34H,4,7,10,13,16,18-20,22,24-26,31-32H2,1-2H3/b5-3-,8-6-,11-9-,14-12-,17-15-,23-21-/t27-,28-,29+,30+/m1/s1. The predicted octanol–water partition coefficient (Wildman–Crippen LogP) is 6.42. The van der Waals surface area contributed by atoms with Gasteiger partial charge in [0, 0.05) is 12.1 Å². The van der Waals surface area contributed by atoms with Gasteiger partial charge in [-0.2, -0.15) is 0 Å². The molecular weight excluding hydrogens is 420 g/mol. The van der Waals surface area contributed by atoms with E-state index in [0.717, 1.165) is 51.4 Å². The van der Waals surface area contributed by atoms with E-state index in [1.807, 2.05) is 19.9 Å². The first kappa shape index (κ1) is 32.3. The highest BCUT2D eigenvalue weighted by molar-refractivity contribution is 5.01. The van der Waals surface area contributed by atoms with Gasteiger partial charge in [0.05, 0.1) is 12.2 Å². The van der Waals surface area contributed by atoms with Gasteiger partial charge in [-0.05, 0) is 71.6 Å². The van der Waals surface area contributed by atoms with Gasteiger partial charge >= 0.3 is 0 Å². The fourth-order valence-corrected chi connectivity index (χ4v) is 3.16. The second-order valence-electron chi connectivity index (χ2n) is 9.09. The van der Waals surface area contributed by atoms with E-state index in [1.165, 1.54) is 19.3 Å². The lowest BCUT2D eigenvalue weighted by Gasteiger charge is -2.13. The third kappa shape index (κ3) is 23.4. The van der Waals surface area contributed by atoms with E-state index in [4.69, 9.17) is 11.5 Å². The second-order valence-corrected chi connectivity index (χ2v) is 9.09. The summed E-state index contributed by atoms with van der Waals surface area (Å²) in [5.74, 6) is 0. The lowest BCUT2D eigenvalue weighted by molar-refractivity contribution is 0.138. The van der Waals surface area contributed by atoms with Crippen LogP contribution in [0.1, 0.15) is 90.9 Å². The number of aliphatic hydroxyl groups is 2. The highest BCUT2D eigenvalue weighted by Gasteiger charge is 2.08. The van der Waals surface area contributed by atoms with Crippen LogP contribution in [0.4, 0.5) is 0 Å². The zero-order valence-electron chi connectivity index (χ0n) is 21.8. The van der Waals surface area contributed by atoms with E-state index in [1.54, 1.807) is 0 Å². The van der Waals surface area contributed by atoms with E-state index in [-0.39, 0.29) is 18.2 Å². The molecule has 4 heteroatoms. The van der Waals surface area contributed by atoms with Crippen LogP contribution in [-0.4, -0.2) is 34.5 Å². The Labute approximate surface area is 209 Å². The largest absolute Gasteiger partial charge is 0.392 e. The van der Waals surface area contributed by atoms with Crippen LogP contribution in [0.15, 0.2) is 72.9 Å². The minimum absolute atomic E-state index is 0.117. The summed E-state index contributed by atoms with van der Waals surface area (Å²) in [6.07, 6.45) is 37.4. The Morgan fingerprint density at radius 3 is 1.32 bits per heavy atom. The van der Waals surface area contributed by atoms with Gasteiger partial charge < -0.3 is 21.7 Å². The van der Waals surface area contributed by atoms with Crippen LogP contribution in [-0.2, 0) is 0 Å². The molecular formula is C30H52N2O2. The molecule has 194 valence electrons. The fraction of sp³-hybridized carbons (Fsp3) is 0.600. The Hall–Kier alpha value is -1.72. The van der Waals surface area contributed by atoms with Gasteiger partial charge in [0.15, 0.2) is 0 Å². The van der Waals surface area contributed by atoms with Crippen LogP contribution in [0.2, 0.25) is 0 Å². The van der Waals surface area contributed by atoms with Gasteiger partial charge in [0.2, 0.25) is 0 Å². The van der Waals surface area contributed by atoms with Crippen LogP contribution in [0, 0.1) is 0 Å². The first-order chi connectivity index (χ1) is 16.4. The molecule has 0 saturated heterocycles.